The minimum Gasteiger partial charge on any atom is -0.446 e. The van der Waals surface area contributed by atoms with E-state index in [2.05, 4.69) is 5.32 Å². The lowest BCUT2D eigenvalue weighted by molar-refractivity contribution is -0.161. The number of nitrogens with one attached hydrogen (secondary N) is 1. The smallest absolute Gasteiger partial charge is 0.410 e. The lowest BCUT2D eigenvalue weighted by atomic mass is 9.48. The van der Waals surface area contributed by atoms with Gasteiger partial charge in [-0.1, -0.05) is 30.3 Å². The molecule has 3 atom stereocenters. The van der Waals surface area contributed by atoms with Crippen LogP contribution in [0.3, 0.4) is 0 Å². The topological polar surface area (TPSA) is 111 Å². The van der Waals surface area contributed by atoms with E-state index in [1.807, 2.05) is 30.3 Å². The number of nitrogens with zero attached hydrogens (tertiary/aromatic N) is 1. The molecule has 172 valence electrons. The van der Waals surface area contributed by atoms with Crippen molar-refractivity contribution < 1.29 is 23.9 Å². The Bertz CT molecular complexity index is 875. The van der Waals surface area contributed by atoms with Gasteiger partial charge in [-0.2, -0.15) is 0 Å². The maximum atomic E-state index is 12.9. The number of ether oxygens (including phenoxy) is 2. The number of carbonyl (C=O) groups excluding carboxylic acids is 3. The number of hydrogen-bond donors (Lipinski definition) is 2. The molecule has 3 N–H and O–H groups in total. The van der Waals surface area contributed by atoms with Crippen molar-refractivity contribution in [3.05, 3.63) is 35.9 Å². The first-order chi connectivity index (χ1) is 15.4. The third-order valence-electron chi connectivity index (χ3n) is 7.93. The largest absolute Gasteiger partial charge is 0.446 e. The summed E-state index contributed by atoms with van der Waals surface area (Å²) in [5.41, 5.74) is 6.29. The number of hydrogen-bond acceptors (Lipinski definition) is 5. The lowest BCUT2D eigenvalue weighted by Gasteiger charge is -2.58. The molecule has 4 bridgehead atoms. The molecule has 3 unspecified atom stereocenters. The summed E-state index contributed by atoms with van der Waals surface area (Å²) in [6, 6.07) is 9.35. The molecule has 4 aliphatic carbocycles. The van der Waals surface area contributed by atoms with Crippen LogP contribution in [0.25, 0.3) is 0 Å². The van der Waals surface area contributed by atoms with E-state index in [-0.39, 0.29) is 48.0 Å². The number of rotatable bonds is 5. The Labute approximate surface area is 187 Å². The number of amides is 3. The van der Waals surface area contributed by atoms with Crippen LogP contribution in [0.15, 0.2) is 30.3 Å². The number of benzene rings is 1. The quantitative estimate of drug-likeness (QED) is 0.730. The number of likely N-dealkylation sites (tertiary alicyclic amines) is 1. The molecule has 5 aliphatic rings. The van der Waals surface area contributed by atoms with Crippen LogP contribution in [-0.2, 0) is 20.9 Å². The summed E-state index contributed by atoms with van der Waals surface area (Å²) >= 11 is 0. The molecule has 1 aromatic carbocycles. The van der Waals surface area contributed by atoms with Gasteiger partial charge in [0.15, 0.2) is 0 Å². The normalized spacial score (nSPS) is 34.9. The van der Waals surface area contributed by atoms with Crippen molar-refractivity contribution in [2.75, 3.05) is 13.1 Å². The molecule has 6 rings (SSSR count). The average molecular weight is 442 g/mol. The third-order valence-corrected chi connectivity index (χ3v) is 7.93. The Balaban J connectivity index is 1.10. The summed E-state index contributed by atoms with van der Waals surface area (Å²) in [6.07, 6.45) is 4.14. The predicted molar refractivity (Wildman–Crippen MR) is 115 cm³/mol. The van der Waals surface area contributed by atoms with Crippen LogP contribution in [0.1, 0.15) is 44.1 Å². The fourth-order valence-electron chi connectivity index (χ4n) is 6.64. The van der Waals surface area contributed by atoms with Gasteiger partial charge in [-0.05, 0) is 61.8 Å². The van der Waals surface area contributed by atoms with Gasteiger partial charge in [0.1, 0.15) is 12.7 Å². The number of primary amides is 1. The highest BCUT2D eigenvalue weighted by molar-refractivity contribution is 5.81. The third kappa shape index (κ3) is 4.02. The van der Waals surface area contributed by atoms with Crippen molar-refractivity contribution in [1.82, 2.24) is 10.2 Å². The molecule has 8 heteroatoms. The molecule has 0 radical (unpaired) electrons. The summed E-state index contributed by atoms with van der Waals surface area (Å²) in [5, 5.41) is 2.84. The van der Waals surface area contributed by atoms with E-state index in [4.69, 9.17) is 15.2 Å². The second-order valence-electron chi connectivity index (χ2n) is 10.1. The van der Waals surface area contributed by atoms with Gasteiger partial charge in [0, 0.05) is 13.1 Å². The van der Waals surface area contributed by atoms with Gasteiger partial charge < -0.3 is 25.4 Å². The Morgan fingerprint density at radius 1 is 1.09 bits per heavy atom. The van der Waals surface area contributed by atoms with Gasteiger partial charge in [0.25, 0.3) is 0 Å². The van der Waals surface area contributed by atoms with Crippen LogP contribution in [0.4, 0.5) is 9.59 Å². The molecule has 8 nitrogen and oxygen atoms in total. The van der Waals surface area contributed by atoms with E-state index in [1.54, 1.807) is 4.90 Å². The second kappa shape index (κ2) is 8.30. The SMILES string of the molecule is NC(=O)C12CC3CC(C1)C(OC(=O)N1CCC(NC(=O)OCc4ccccc4)C1)C(C3)C2. The van der Waals surface area contributed by atoms with Crippen molar-refractivity contribution in [3.8, 4) is 0 Å². The van der Waals surface area contributed by atoms with Crippen LogP contribution in [0, 0.1) is 23.2 Å². The molecule has 1 aliphatic heterocycles. The molecular weight excluding hydrogens is 410 g/mol. The van der Waals surface area contributed by atoms with E-state index in [0.29, 0.717) is 25.4 Å². The Kier molecular flexibility index (Phi) is 5.47. The van der Waals surface area contributed by atoms with Crippen molar-refractivity contribution >= 4 is 18.1 Å². The van der Waals surface area contributed by atoms with Gasteiger partial charge in [-0.3, -0.25) is 4.79 Å². The Morgan fingerprint density at radius 2 is 1.81 bits per heavy atom. The van der Waals surface area contributed by atoms with E-state index >= 15 is 0 Å². The van der Waals surface area contributed by atoms with Gasteiger partial charge in [-0.15, -0.1) is 0 Å². The molecule has 3 amide bonds. The first-order valence-electron chi connectivity index (χ1n) is 11.6. The van der Waals surface area contributed by atoms with Crippen molar-refractivity contribution in [2.45, 2.75) is 57.3 Å². The van der Waals surface area contributed by atoms with Gasteiger partial charge >= 0.3 is 12.2 Å². The molecule has 1 aromatic rings. The van der Waals surface area contributed by atoms with E-state index in [9.17, 15) is 14.4 Å². The highest BCUT2D eigenvalue weighted by atomic mass is 16.6. The highest BCUT2D eigenvalue weighted by Gasteiger charge is 2.59. The Hall–Kier alpha value is -2.77. The monoisotopic (exact) mass is 441 g/mol. The van der Waals surface area contributed by atoms with Gasteiger partial charge in [0.2, 0.25) is 5.91 Å². The zero-order valence-corrected chi connectivity index (χ0v) is 18.2. The molecule has 0 spiro atoms. The standard InChI is InChI=1S/C24H31N3O5/c25-21(28)24-10-16-8-17(11-24)20(18(9-16)12-24)32-23(30)27-7-6-19(13-27)26-22(29)31-14-15-4-2-1-3-5-15/h1-5,16-20H,6-14H2,(H2,25,28)(H,26,29). The molecule has 4 saturated carbocycles. The minimum atomic E-state index is -0.480. The van der Waals surface area contributed by atoms with Crippen LogP contribution < -0.4 is 11.1 Å². The molecule has 1 saturated heterocycles. The predicted octanol–water partition coefficient (Wildman–Crippen LogP) is 2.80. The van der Waals surface area contributed by atoms with Crippen molar-refractivity contribution in [1.29, 1.82) is 0 Å². The van der Waals surface area contributed by atoms with Crippen LogP contribution in [0.2, 0.25) is 0 Å². The maximum absolute atomic E-state index is 12.9. The number of carbonyl (C=O) groups is 3. The van der Waals surface area contributed by atoms with Crippen LogP contribution in [-0.4, -0.2) is 48.2 Å². The first-order valence-corrected chi connectivity index (χ1v) is 11.6. The van der Waals surface area contributed by atoms with E-state index in [0.717, 1.165) is 37.7 Å². The summed E-state index contributed by atoms with van der Waals surface area (Å²) in [4.78, 5) is 38.7. The zero-order valence-electron chi connectivity index (χ0n) is 18.2. The van der Waals surface area contributed by atoms with E-state index in [1.165, 1.54) is 0 Å². The Morgan fingerprint density at radius 3 is 2.50 bits per heavy atom. The molecule has 32 heavy (non-hydrogen) atoms. The average Bonchev–Trinajstić information content (AvgIpc) is 3.23. The molecular formula is C24H31N3O5. The van der Waals surface area contributed by atoms with Gasteiger partial charge in [-0.25, -0.2) is 9.59 Å². The second-order valence-corrected chi connectivity index (χ2v) is 10.1. The summed E-state index contributed by atoms with van der Waals surface area (Å²) in [7, 11) is 0. The van der Waals surface area contributed by atoms with Crippen molar-refractivity contribution in [2.24, 2.45) is 28.9 Å². The highest BCUT2D eigenvalue weighted by Crippen LogP contribution is 2.60. The first kappa shape index (κ1) is 21.1. The summed E-state index contributed by atoms with van der Waals surface area (Å²) in [6.45, 7) is 1.16. The fourth-order valence-corrected chi connectivity index (χ4v) is 6.64. The number of alkyl carbamates (subject to hydrolysis) is 1. The molecule has 5 fully saturated rings. The maximum Gasteiger partial charge on any atom is 0.410 e. The zero-order chi connectivity index (χ0) is 22.3. The molecule has 1 heterocycles. The number of nitrogens with two attached hydrogens (primary N) is 1. The van der Waals surface area contributed by atoms with Crippen LogP contribution >= 0.6 is 0 Å². The summed E-state index contributed by atoms with van der Waals surface area (Å²) < 4.78 is 11.3. The van der Waals surface area contributed by atoms with E-state index < -0.39 is 6.09 Å². The fraction of sp³-hybridized carbons (Fsp3) is 0.625. The van der Waals surface area contributed by atoms with Gasteiger partial charge in [0.05, 0.1) is 11.5 Å². The minimum absolute atomic E-state index is 0.130. The van der Waals surface area contributed by atoms with Crippen molar-refractivity contribution in [3.63, 3.8) is 0 Å². The molecule has 0 aromatic heterocycles. The lowest BCUT2D eigenvalue weighted by Crippen LogP contribution is -2.59. The summed E-state index contributed by atoms with van der Waals surface area (Å²) in [5.74, 6) is 0.788. The van der Waals surface area contributed by atoms with Crippen LogP contribution in [0.5, 0.6) is 0 Å².